The van der Waals surface area contributed by atoms with Gasteiger partial charge >= 0.3 is 0 Å². The van der Waals surface area contributed by atoms with Crippen LogP contribution in [-0.2, 0) is 13.5 Å². The van der Waals surface area contributed by atoms with Crippen molar-refractivity contribution in [1.82, 2.24) is 19.2 Å². The standard InChI is InChI=1S/C31H34ClF2N5O/c1-20(40)38-18-24-12-23(21-5-9-37(10-6-21)11-7-32)14-30(28(24)19-38)39-8-3-4-22-13-26(25-16-35-36(2)17-25)27(31(33)34)15-29(22)39/h12-19,21,31H,3-11H2,1-2H3. The average Bonchev–Trinajstić information content (AvgIpc) is 3.58. The molecule has 40 heavy (non-hydrogen) atoms. The first-order valence-electron chi connectivity index (χ1n) is 14.0. The van der Waals surface area contributed by atoms with Gasteiger partial charge in [0, 0.05) is 79.1 Å². The van der Waals surface area contributed by atoms with Crippen molar-refractivity contribution in [3.05, 3.63) is 65.7 Å². The Bertz CT molecular complexity index is 1550. The van der Waals surface area contributed by atoms with E-state index >= 15 is 0 Å². The van der Waals surface area contributed by atoms with Gasteiger partial charge in [-0.1, -0.05) is 0 Å². The van der Waals surface area contributed by atoms with E-state index in [9.17, 15) is 13.6 Å². The summed E-state index contributed by atoms with van der Waals surface area (Å²) in [5.41, 5.74) is 5.33. The fraction of sp³-hybridized carbons (Fsp3) is 0.419. The van der Waals surface area contributed by atoms with Gasteiger partial charge in [0.15, 0.2) is 0 Å². The molecule has 6 rings (SSSR count). The molecule has 9 heteroatoms. The molecule has 4 heterocycles. The van der Waals surface area contributed by atoms with Gasteiger partial charge in [0.25, 0.3) is 6.43 Å². The molecule has 2 aliphatic rings. The van der Waals surface area contributed by atoms with Crippen LogP contribution in [0, 0.1) is 0 Å². The van der Waals surface area contributed by atoms with Crippen LogP contribution in [0.5, 0.6) is 0 Å². The Morgan fingerprint density at radius 3 is 2.55 bits per heavy atom. The number of rotatable bonds is 6. The molecule has 0 saturated carbocycles. The van der Waals surface area contributed by atoms with Crippen LogP contribution in [0.4, 0.5) is 20.2 Å². The van der Waals surface area contributed by atoms with Crippen LogP contribution in [0.2, 0.25) is 0 Å². The van der Waals surface area contributed by atoms with Gasteiger partial charge < -0.3 is 9.80 Å². The number of anilines is 2. The Morgan fingerprint density at radius 1 is 1.07 bits per heavy atom. The van der Waals surface area contributed by atoms with Gasteiger partial charge in [-0.3, -0.25) is 14.0 Å². The molecule has 2 aromatic heterocycles. The van der Waals surface area contributed by atoms with E-state index in [0.717, 1.165) is 79.6 Å². The largest absolute Gasteiger partial charge is 0.341 e. The first-order valence-corrected chi connectivity index (χ1v) is 14.5. The highest BCUT2D eigenvalue weighted by Gasteiger charge is 2.28. The molecule has 2 aliphatic heterocycles. The van der Waals surface area contributed by atoms with Gasteiger partial charge in [-0.2, -0.15) is 5.10 Å². The predicted molar refractivity (Wildman–Crippen MR) is 156 cm³/mol. The minimum atomic E-state index is -2.62. The molecule has 0 N–H and O–H groups in total. The Balaban J connectivity index is 1.46. The minimum absolute atomic E-state index is 0.0130. The quantitative estimate of drug-likeness (QED) is 0.233. The summed E-state index contributed by atoms with van der Waals surface area (Å²) in [6, 6.07) is 8.04. The predicted octanol–water partition coefficient (Wildman–Crippen LogP) is 7.14. The number of aromatic nitrogens is 3. The van der Waals surface area contributed by atoms with Gasteiger partial charge in [0.1, 0.15) is 0 Å². The van der Waals surface area contributed by atoms with Crippen molar-refractivity contribution >= 4 is 39.7 Å². The maximum absolute atomic E-state index is 14.5. The van der Waals surface area contributed by atoms with Crippen molar-refractivity contribution in [2.45, 2.75) is 45.0 Å². The average molecular weight is 566 g/mol. The summed E-state index contributed by atoms with van der Waals surface area (Å²) in [6.45, 7) is 5.18. The molecule has 4 aromatic rings. The number of carbonyl (C=O) groups is 1. The number of nitrogens with zero attached hydrogens (tertiary/aromatic N) is 5. The second kappa shape index (κ2) is 11.0. The monoisotopic (exact) mass is 565 g/mol. The molecular weight excluding hydrogens is 532 g/mol. The molecule has 0 radical (unpaired) electrons. The van der Waals surface area contributed by atoms with Gasteiger partial charge in [-0.05, 0) is 85.6 Å². The zero-order valence-electron chi connectivity index (χ0n) is 22.9. The van der Waals surface area contributed by atoms with E-state index in [2.05, 4.69) is 27.0 Å². The summed E-state index contributed by atoms with van der Waals surface area (Å²) >= 11 is 5.98. The summed E-state index contributed by atoms with van der Waals surface area (Å²) in [5, 5.41) is 6.17. The van der Waals surface area contributed by atoms with E-state index in [4.69, 9.17) is 11.6 Å². The number of carbonyl (C=O) groups excluding carboxylic acids is 1. The minimum Gasteiger partial charge on any atom is -0.341 e. The second-order valence-corrected chi connectivity index (χ2v) is 11.4. The van der Waals surface area contributed by atoms with Crippen molar-refractivity contribution in [2.75, 3.05) is 37.0 Å². The van der Waals surface area contributed by atoms with Crippen LogP contribution in [-0.4, -0.2) is 57.2 Å². The summed E-state index contributed by atoms with van der Waals surface area (Å²) in [4.78, 5) is 16.9. The number of halogens is 3. The van der Waals surface area contributed by atoms with E-state index in [1.165, 1.54) is 5.56 Å². The molecule has 0 amide bonds. The normalized spacial score (nSPS) is 16.7. The fourth-order valence-corrected chi connectivity index (χ4v) is 6.64. The van der Waals surface area contributed by atoms with Crippen LogP contribution < -0.4 is 4.90 Å². The third kappa shape index (κ3) is 5.03. The van der Waals surface area contributed by atoms with Crippen molar-refractivity contribution in [1.29, 1.82) is 0 Å². The SMILES string of the molecule is CC(=O)n1cc2cc(C3CCN(CCCl)CC3)cc(N3CCCc4cc(-c5cnn(C)c5)c(C(F)F)cc43)c2c1. The van der Waals surface area contributed by atoms with Crippen molar-refractivity contribution < 1.29 is 13.6 Å². The number of piperidine rings is 1. The van der Waals surface area contributed by atoms with Gasteiger partial charge in [0.2, 0.25) is 5.91 Å². The molecule has 0 aliphatic carbocycles. The lowest BCUT2D eigenvalue weighted by Gasteiger charge is -2.35. The molecule has 0 unspecified atom stereocenters. The lowest BCUT2D eigenvalue weighted by atomic mass is 9.87. The number of hydrogen-bond donors (Lipinski definition) is 0. The zero-order valence-corrected chi connectivity index (χ0v) is 23.7. The second-order valence-electron chi connectivity index (χ2n) is 11.1. The van der Waals surface area contributed by atoms with Crippen LogP contribution in [0.25, 0.3) is 21.9 Å². The zero-order chi connectivity index (χ0) is 28.0. The Kier molecular flexibility index (Phi) is 7.40. The molecule has 2 aromatic carbocycles. The Morgan fingerprint density at radius 2 is 1.88 bits per heavy atom. The molecule has 1 saturated heterocycles. The number of alkyl halides is 3. The van der Waals surface area contributed by atoms with Crippen LogP contribution in [0.3, 0.4) is 0 Å². The summed E-state index contributed by atoms with van der Waals surface area (Å²) in [7, 11) is 1.79. The highest BCUT2D eigenvalue weighted by molar-refractivity contribution is 6.18. The Hall–Kier alpha value is -3.23. The first kappa shape index (κ1) is 27.0. The van der Waals surface area contributed by atoms with Gasteiger partial charge in [0.05, 0.1) is 11.9 Å². The third-order valence-electron chi connectivity index (χ3n) is 8.49. The van der Waals surface area contributed by atoms with Crippen molar-refractivity contribution in [3.63, 3.8) is 0 Å². The van der Waals surface area contributed by atoms with Gasteiger partial charge in [-0.15, -0.1) is 11.6 Å². The fourth-order valence-electron chi connectivity index (χ4n) is 6.40. The maximum Gasteiger partial charge on any atom is 0.264 e. The van der Waals surface area contributed by atoms with Crippen molar-refractivity contribution in [3.8, 4) is 11.1 Å². The van der Waals surface area contributed by atoms with Gasteiger partial charge in [-0.25, -0.2) is 8.78 Å². The Labute approximate surface area is 238 Å². The number of benzene rings is 2. The smallest absolute Gasteiger partial charge is 0.264 e. The van der Waals surface area contributed by atoms with Crippen LogP contribution in [0.1, 0.15) is 60.0 Å². The van der Waals surface area contributed by atoms with E-state index in [-0.39, 0.29) is 11.5 Å². The lowest BCUT2D eigenvalue weighted by Crippen LogP contribution is -2.34. The van der Waals surface area contributed by atoms with E-state index in [1.807, 2.05) is 18.5 Å². The molecule has 210 valence electrons. The molecule has 0 bridgehead atoms. The highest BCUT2D eigenvalue weighted by Crippen LogP contribution is 2.44. The summed E-state index contributed by atoms with van der Waals surface area (Å²) in [5.74, 6) is 0.971. The molecule has 0 atom stereocenters. The number of likely N-dealkylation sites (tertiary alicyclic amines) is 1. The molecule has 6 nitrogen and oxygen atoms in total. The van der Waals surface area contributed by atoms with E-state index in [1.54, 1.807) is 41.7 Å². The number of aryl methyl sites for hydroxylation is 2. The molecule has 1 fully saturated rings. The topological polar surface area (TPSA) is 46.3 Å². The lowest BCUT2D eigenvalue weighted by molar-refractivity contribution is 0.0937. The molecular formula is C31H34ClF2N5O. The number of fused-ring (bicyclic) bond motifs is 2. The van der Waals surface area contributed by atoms with Crippen LogP contribution in [0.15, 0.2) is 49.1 Å². The summed E-state index contributed by atoms with van der Waals surface area (Å²) < 4.78 is 32.2. The summed E-state index contributed by atoms with van der Waals surface area (Å²) in [6.07, 6.45) is 8.38. The maximum atomic E-state index is 14.5. The third-order valence-corrected chi connectivity index (χ3v) is 8.66. The number of hydrogen-bond acceptors (Lipinski definition) is 4. The van der Waals surface area contributed by atoms with Crippen LogP contribution >= 0.6 is 11.6 Å². The van der Waals surface area contributed by atoms with Crippen molar-refractivity contribution in [2.24, 2.45) is 7.05 Å². The van der Waals surface area contributed by atoms with E-state index in [0.29, 0.717) is 22.9 Å². The molecule has 0 spiro atoms. The first-order chi connectivity index (χ1) is 19.3. The van der Waals surface area contributed by atoms with E-state index < -0.39 is 6.43 Å². The highest BCUT2D eigenvalue weighted by atomic mass is 35.5.